The minimum Gasteiger partial charge on any atom is -0.482 e. The summed E-state index contributed by atoms with van der Waals surface area (Å²) in [5.74, 6) is -0.118. The molecule has 0 spiro atoms. The molecular formula is C24H17BrCl2N4O2. The third-order valence-corrected chi connectivity index (χ3v) is 5.88. The van der Waals surface area contributed by atoms with E-state index in [0.29, 0.717) is 10.8 Å². The fraction of sp³-hybridized carbons (Fsp3) is 0.0417. The molecule has 0 saturated heterocycles. The molecule has 3 aromatic carbocycles. The summed E-state index contributed by atoms with van der Waals surface area (Å²) in [7, 11) is 0. The number of hydrazone groups is 1. The number of rotatable bonds is 7. The highest BCUT2D eigenvalue weighted by atomic mass is 79.9. The molecule has 4 aromatic rings. The second-order valence-electron chi connectivity index (χ2n) is 6.85. The van der Waals surface area contributed by atoms with Crippen LogP contribution in [-0.4, -0.2) is 28.5 Å². The summed E-state index contributed by atoms with van der Waals surface area (Å²) in [6.07, 6.45) is 3.40. The summed E-state index contributed by atoms with van der Waals surface area (Å²) in [5, 5.41) is 9.40. The zero-order chi connectivity index (χ0) is 23.2. The number of nitrogens with zero attached hydrogens (tertiary/aromatic N) is 3. The van der Waals surface area contributed by atoms with Gasteiger partial charge in [0.05, 0.1) is 16.9 Å². The minimum absolute atomic E-state index is 0.253. The minimum atomic E-state index is -0.442. The van der Waals surface area contributed by atoms with Crippen molar-refractivity contribution < 1.29 is 9.53 Å². The third-order valence-electron chi connectivity index (χ3n) is 4.55. The molecule has 0 fully saturated rings. The van der Waals surface area contributed by atoms with Crippen LogP contribution in [0.1, 0.15) is 5.56 Å². The predicted molar refractivity (Wildman–Crippen MR) is 134 cm³/mol. The maximum absolute atomic E-state index is 12.2. The Balaban J connectivity index is 1.50. The topological polar surface area (TPSA) is 68.5 Å². The van der Waals surface area contributed by atoms with E-state index in [1.54, 1.807) is 29.1 Å². The van der Waals surface area contributed by atoms with Gasteiger partial charge in [-0.25, -0.2) is 10.1 Å². The summed E-state index contributed by atoms with van der Waals surface area (Å²) >= 11 is 15.5. The summed E-state index contributed by atoms with van der Waals surface area (Å²) in [4.78, 5) is 12.2. The van der Waals surface area contributed by atoms with Crippen LogP contribution in [0.5, 0.6) is 5.75 Å². The highest BCUT2D eigenvalue weighted by molar-refractivity contribution is 9.10. The number of para-hydroxylation sites is 1. The zero-order valence-electron chi connectivity index (χ0n) is 17.1. The van der Waals surface area contributed by atoms with E-state index < -0.39 is 5.91 Å². The summed E-state index contributed by atoms with van der Waals surface area (Å²) in [6.45, 7) is -0.264. The van der Waals surface area contributed by atoms with Crippen LogP contribution in [0.3, 0.4) is 0 Å². The molecule has 0 aliphatic carbocycles. The van der Waals surface area contributed by atoms with E-state index in [1.807, 2.05) is 60.8 Å². The van der Waals surface area contributed by atoms with Crippen molar-refractivity contribution in [1.82, 2.24) is 15.2 Å². The molecule has 1 aromatic heterocycles. The number of carbonyl (C=O) groups is 1. The third kappa shape index (κ3) is 5.82. The Kier molecular flexibility index (Phi) is 7.44. The van der Waals surface area contributed by atoms with Gasteiger partial charge in [-0.3, -0.25) is 4.79 Å². The van der Waals surface area contributed by atoms with Gasteiger partial charge in [0.2, 0.25) is 0 Å². The normalized spacial score (nSPS) is 11.0. The maximum Gasteiger partial charge on any atom is 0.277 e. The van der Waals surface area contributed by atoms with Crippen molar-refractivity contribution in [2.45, 2.75) is 0 Å². The second-order valence-corrected chi connectivity index (χ2v) is 8.55. The number of aromatic nitrogens is 2. The number of halogens is 3. The molecule has 33 heavy (non-hydrogen) atoms. The molecule has 1 heterocycles. The van der Waals surface area contributed by atoms with Crippen molar-refractivity contribution in [1.29, 1.82) is 0 Å². The lowest BCUT2D eigenvalue weighted by molar-refractivity contribution is -0.123. The van der Waals surface area contributed by atoms with E-state index in [0.717, 1.165) is 27.0 Å². The van der Waals surface area contributed by atoms with Gasteiger partial charge >= 0.3 is 0 Å². The van der Waals surface area contributed by atoms with Gasteiger partial charge in [0, 0.05) is 21.8 Å². The second kappa shape index (κ2) is 10.7. The molecule has 1 amide bonds. The number of amides is 1. The van der Waals surface area contributed by atoms with Gasteiger partial charge in [0.1, 0.15) is 16.5 Å². The zero-order valence-corrected chi connectivity index (χ0v) is 20.2. The van der Waals surface area contributed by atoms with Crippen LogP contribution in [0.4, 0.5) is 0 Å². The van der Waals surface area contributed by atoms with Crippen LogP contribution in [0.2, 0.25) is 10.0 Å². The Morgan fingerprint density at radius 1 is 1.06 bits per heavy atom. The first-order valence-corrected chi connectivity index (χ1v) is 11.4. The van der Waals surface area contributed by atoms with Crippen molar-refractivity contribution in [3.8, 4) is 22.7 Å². The lowest BCUT2D eigenvalue weighted by Crippen LogP contribution is -2.24. The molecule has 166 valence electrons. The van der Waals surface area contributed by atoms with Crippen LogP contribution >= 0.6 is 39.1 Å². The average molecular weight is 544 g/mol. The van der Waals surface area contributed by atoms with Gasteiger partial charge in [0.25, 0.3) is 5.91 Å². The fourth-order valence-corrected chi connectivity index (χ4v) is 3.58. The van der Waals surface area contributed by atoms with Gasteiger partial charge in [-0.1, -0.05) is 75.5 Å². The van der Waals surface area contributed by atoms with E-state index >= 15 is 0 Å². The lowest BCUT2D eigenvalue weighted by Gasteiger charge is -2.07. The highest BCUT2D eigenvalue weighted by Gasteiger charge is 2.12. The Labute approximate surface area is 208 Å². The first kappa shape index (κ1) is 23.0. The fourth-order valence-electron chi connectivity index (χ4n) is 2.97. The molecule has 9 heteroatoms. The van der Waals surface area contributed by atoms with Crippen molar-refractivity contribution in [2.24, 2.45) is 5.10 Å². The van der Waals surface area contributed by atoms with Crippen LogP contribution in [0.25, 0.3) is 16.9 Å². The van der Waals surface area contributed by atoms with Gasteiger partial charge < -0.3 is 4.74 Å². The molecule has 4 rings (SSSR count). The van der Waals surface area contributed by atoms with E-state index in [2.05, 4.69) is 26.5 Å². The van der Waals surface area contributed by atoms with Crippen molar-refractivity contribution in [2.75, 3.05) is 6.61 Å². The number of ether oxygens (including phenoxy) is 1. The van der Waals surface area contributed by atoms with E-state index in [4.69, 9.17) is 33.0 Å². The number of benzene rings is 3. The average Bonchev–Trinajstić information content (AvgIpc) is 3.25. The quantitative estimate of drug-likeness (QED) is 0.225. The number of carbonyl (C=O) groups excluding carboxylic acids is 1. The van der Waals surface area contributed by atoms with Crippen LogP contribution < -0.4 is 10.2 Å². The first-order valence-electron chi connectivity index (χ1n) is 9.81. The van der Waals surface area contributed by atoms with E-state index in [9.17, 15) is 4.79 Å². The van der Waals surface area contributed by atoms with Crippen molar-refractivity contribution in [3.05, 3.63) is 99.1 Å². The smallest absolute Gasteiger partial charge is 0.277 e. The first-order chi connectivity index (χ1) is 16.0. The molecular weight excluding hydrogens is 527 g/mol. The van der Waals surface area contributed by atoms with E-state index in [1.165, 1.54) is 0 Å². The molecule has 1 N–H and O–H groups in total. The molecule has 0 aliphatic heterocycles. The molecule has 0 atom stereocenters. The van der Waals surface area contributed by atoms with Crippen LogP contribution in [0, 0.1) is 0 Å². The molecule has 0 aliphatic rings. The van der Waals surface area contributed by atoms with Gasteiger partial charge in [-0.2, -0.15) is 10.2 Å². The molecule has 0 bridgehead atoms. The standard InChI is InChI=1S/C24H17BrCl2N4O2/c25-18-11-9-16(10-12-18)24-17(14-31(30-24)19-5-2-1-3-6-19)13-28-29-22(32)15-33-21-8-4-7-20(26)23(21)27/h1-14H,15H2,(H,29,32)/b28-13-. The Hall–Kier alpha value is -3.13. The van der Waals surface area contributed by atoms with Crippen LogP contribution in [0.15, 0.2) is 88.6 Å². The number of nitrogens with one attached hydrogen (secondary N) is 1. The summed E-state index contributed by atoms with van der Waals surface area (Å²) in [5.41, 5.74) is 5.75. The van der Waals surface area contributed by atoms with Gasteiger partial charge in [-0.05, 0) is 36.4 Å². The van der Waals surface area contributed by atoms with Crippen molar-refractivity contribution in [3.63, 3.8) is 0 Å². The highest BCUT2D eigenvalue weighted by Crippen LogP contribution is 2.31. The number of hydrogen-bond acceptors (Lipinski definition) is 4. The lowest BCUT2D eigenvalue weighted by atomic mass is 10.1. The molecule has 0 saturated carbocycles. The maximum atomic E-state index is 12.2. The SMILES string of the molecule is O=C(COc1cccc(Cl)c1Cl)N/N=C\c1cn(-c2ccccc2)nc1-c1ccc(Br)cc1. The molecule has 0 radical (unpaired) electrons. The van der Waals surface area contributed by atoms with Crippen molar-refractivity contribution >= 4 is 51.3 Å². The molecule has 0 unspecified atom stereocenters. The van der Waals surface area contributed by atoms with E-state index in [-0.39, 0.29) is 11.6 Å². The summed E-state index contributed by atoms with van der Waals surface area (Å²) < 4.78 is 8.16. The Morgan fingerprint density at radius 2 is 1.82 bits per heavy atom. The largest absolute Gasteiger partial charge is 0.482 e. The Morgan fingerprint density at radius 3 is 2.58 bits per heavy atom. The Bertz CT molecular complexity index is 1290. The molecule has 6 nitrogen and oxygen atoms in total. The predicted octanol–water partition coefficient (Wildman–Crippen LogP) is 6.14. The summed E-state index contributed by atoms with van der Waals surface area (Å²) in [6, 6.07) is 22.5. The van der Waals surface area contributed by atoms with Crippen LogP contribution in [-0.2, 0) is 4.79 Å². The monoisotopic (exact) mass is 542 g/mol. The van der Waals surface area contributed by atoms with Gasteiger partial charge in [-0.15, -0.1) is 0 Å². The number of hydrogen-bond donors (Lipinski definition) is 1. The van der Waals surface area contributed by atoms with Gasteiger partial charge in [0.15, 0.2) is 6.61 Å².